The van der Waals surface area contributed by atoms with Gasteiger partial charge in [0.25, 0.3) is 0 Å². The third-order valence-electron chi connectivity index (χ3n) is 4.03. The number of thioether (sulfide) groups is 1. The topological polar surface area (TPSA) is 69.0 Å². The van der Waals surface area contributed by atoms with Gasteiger partial charge in [-0.2, -0.15) is 0 Å². The fourth-order valence-corrected chi connectivity index (χ4v) is 3.63. The quantitative estimate of drug-likeness (QED) is 0.338. The molecule has 3 rings (SSSR count). The van der Waals surface area contributed by atoms with Gasteiger partial charge in [-0.25, -0.2) is 4.39 Å². The second-order valence-electron chi connectivity index (χ2n) is 6.36. The molecule has 0 aliphatic carbocycles. The average Bonchev–Trinajstić information content (AvgIpc) is 3.10. The van der Waals surface area contributed by atoms with E-state index in [0.717, 1.165) is 11.3 Å². The fourth-order valence-electron chi connectivity index (χ4n) is 2.53. The van der Waals surface area contributed by atoms with Crippen LogP contribution in [-0.4, -0.2) is 26.4 Å². The minimum Gasteiger partial charge on any atom is -0.486 e. The van der Waals surface area contributed by atoms with Crippen LogP contribution in [0.1, 0.15) is 11.4 Å². The molecule has 30 heavy (non-hydrogen) atoms. The lowest BCUT2D eigenvalue weighted by atomic mass is 10.2. The van der Waals surface area contributed by atoms with Crippen molar-refractivity contribution in [1.29, 1.82) is 0 Å². The van der Waals surface area contributed by atoms with Crippen molar-refractivity contribution in [2.45, 2.75) is 25.2 Å². The van der Waals surface area contributed by atoms with E-state index in [1.807, 2.05) is 35.8 Å². The number of halogens is 2. The summed E-state index contributed by atoms with van der Waals surface area (Å²) in [5, 5.41) is 11.5. The number of benzene rings is 2. The molecule has 0 atom stereocenters. The highest BCUT2D eigenvalue weighted by atomic mass is 79.9. The maximum Gasteiger partial charge on any atom is 0.234 e. The SMILES string of the molecule is C=CCn1c(COc2ccc(C)cc2)nnc1SCC(=O)Nc1ccc(Br)cc1F. The van der Waals surface area contributed by atoms with Gasteiger partial charge in [0.2, 0.25) is 5.91 Å². The van der Waals surface area contributed by atoms with Crippen molar-refractivity contribution in [1.82, 2.24) is 14.8 Å². The molecule has 2 aromatic carbocycles. The number of aromatic nitrogens is 3. The molecule has 0 aliphatic rings. The third-order valence-corrected chi connectivity index (χ3v) is 5.49. The number of rotatable bonds is 9. The highest BCUT2D eigenvalue weighted by Crippen LogP contribution is 2.22. The monoisotopic (exact) mass is 490 g/mol. The van der Waals surface area contributed by atoms with Crippen molar-refractivity contribution >= 4 is 39.3 Å². The lowest BCUT2D eigenvalue weighted by Crippen LogP contribution is -2.16. The molecule has 0 saturated carbocycles. The minimum absolute atomic E-state index is 0.0591. The van der Waals surface area contributed by atoms with Crippen molar-refractivity contribution < 1.29 is 13.9 Å². The van der Waals surface area contributed by atoms with Gasteiger partial charge in [-0.1, -0.05) is 51.5 Å². The Morgan fingerprint density at radius 2 is 2.07 bits per heavy atom. The van der Waals surface area contributed by atoms with Crippen LogP contribution in [0.25, 0.3) is 0 Å². The molecule has 0 fully saturated rings. The van der Waals surface area contributed by atoms with Gasteiger partial charge in [0.15, 0.2) is 11.0 Å². The Balaban J connectivity index is 1.61. The molecular formula is C21H20BrFN4O2S. The van der Waals surface area contributed by atoms with Gasteiger partial charge in [0.1, 0.15) is 18.2 Å². The Labute approximate surface area is 186 Å². The fraction of sp³-hybridized carbons (Fsp3) is 0.190. The summed E-state index contributed by atoms with van der Waals surface area (Å²) in [6.45, 7) is 6.49. The van der Waals surface area contributed by atoms with E-state index < -0.39 is 5.82 Å². The van der Waals surface area contributed by atoms with Crippen molar-refractivity contribution in [3.63, 3.8) is 0 Å². The third kappa shape index (κ3) is 5.93. The molecule has 0 bridgehead atoms. The van der Waals surface area contributed by atoms with E-state index in [-0.39, 0.29) is 24.0 Å². The predicted molar refractivity (Wildman–Crippen MR) is 119 cm³/mol. The summed E-state index contributed by atoms with van der Waals surface area (Å²) < 4.78 is 22.1. The van der Waals surface area contributed by atoms with Gasteiger partial charge in [-0.3, -0.25) is 9.36 Å². The van der Waals surface area contributed by atoms with Crippen LogP contribution in [0.4, 0.5) is 10.1 Å². The zero-order valence-corrected chi connectivity index (χ0v) is 18.7. The first-order valence-electron chi connectivity index (χ1n) is 9.06. The second kappa shape index (κ2) is 10.4. The molecule has 3 aromatic rings. The van der Waals surface area contributed by atoms with Crippen molar-refractivity contribution in [3.05, 3.63) is 76.8 Å². The first kappa shape index (κ1) is 22.0. The van der Waals surface area contributed by atoms with Crippen molar-refractivity contribution in [2.24, 2.45) is 0 Å². The molecule has 6 nitrogen and oxygen atoms in total. The Morgan fingerprint density at radius 3 is 2.77 bits per heavy atom. The van der Waals surface area contributed by atoms with Gasteiger partial charge in [0, 0.05) is 11.0 Å². The van der Waals surface area contributed by atoms with E-state index in [1.54, 1.807) is 12.1 Å². The van der Waals surface area contributed by atoms with E-state index >= 15 is 0 Å². The smallest absolute Gasteiger partial charge is 0.234 e. The molecule has 0 spiro atoms. The van der Waals surface area contributed by atoms with Gasteiger partial charge in [-0.15, -0.1) is 16.8 Å². The molecule has 0 radical (unpaired) electrons. The summed E-state index contributed by atoms with van der Waals surface area (Å²) in [6, 6.07) is 12.2. The van der Waals surface area contributed by atoms with Gasteiger partial charge in [-0.05, 0) is 37.3 Å². The molecule has 0 aliphatic heterocycles. The average molecular weight is 491 g/mol. The van der Waals surface area contributed by atoms with Crippen molar-refractivity contribution in [3.8, 4) is 5.75 Å². The second-order valence-corrected chi connectivity index (χ2v) is 8.22. The standard InChI is InChI=1S/C21H20BrFN4O2S/c1-3-10-27-19(12-29-16-7-4-14(2)5-8-16)25-26-21(27)30-13-20(28)24-18-9-6-15(22)11-17(18)23/h3-9,11H,1,10,12-13H2,2H3,(H,24,28). The molecule has 1 heterocycles. The maximum absolute atomic E-state index is 13.9. The Hall–Kier alpha value is -2.65. The van der Waals surface area contributed by atoms with E-state index in [1.165, 1.54) is 23.9 Å². The lowest BCUT2D eigenvalue weighted by Gasteiger charge is -2.10. The number of hydrogen-bond donors (Lipinski definition) is 1. The summed E-state index contributed by atoms with van der Waals surface area (Å²) in [4.78, 5) is 12.2. The van der Waals surface area contributed by atoms with E-state index in [0.29, 0.717) is 22.0 Å². The summed E-state index contributed by atoms with van der Waals surface area (Å²) in [7, 11) is 0. The zero-order valence-electron chi connectivity index (χ0n) is 16.3. The predicted octanol–water partition coefficient (Wildman–Crippen LogP) is 4.98. The Morgan fingerprint density at radius 1 is 1.30 bits per heavy atom. The van der Waals surface area contributed by atoms with E-state index in [4.69, 9.17) is 4.74 Å². The van der Waals surface area contributed by atoms with Crippen LogP contribution in [0.5, 0.6) is 5.75 Å². The van der Waals surface area contributed by atoms with E-state index in [2.05, 4.69) is 38.0 Å². The summed E-state index contributed by atoms with van der Waals surface area (Å²) >= 11 is 4.40. The number of anilines is 1. The van der Waals surface area contributed by atoms with Gasteiger partial charge >= 0.3 is 0 Å². The maximum atomic E-state index is 13.9. The molecule has 1 aromatic heterocycles. The van der Waals surface area contributed by atoms with Crippen LogP contribution in [0.3, 0.4) is 0 Å². The summed E-state index contributed by atoms with van der Waals surface area (Å²) in [5.41, 5.74) is 1.28. The van der Waals surface area contributed by atoms with E-state index in [9.17, 15) is 9.18 Å². The van der Waals surface area contributed by atoms with Crippen LogP contribution < -0.4 is 10.1 Å². The Bertz CT molecular complexity index is 1040. The first-order chi connectivity index (χ1) is 14.5. The minimum atomic E-state index is -0.506. The van der Waals surface area contributed by atoms with Gasteiger partial charge < -0.3 is 10.1 Å². The van der Waals surface area contributed by atoms with Crippen LogP contribution in [-0.2, 0) is 17.9 Å². The van der Waals surface area contributed by atoms with Crippen molar-refractivity contribution in [2.75, 3.05) is 11.1 Å². The van der Waals surface area contributed by atoms with Gasteiger partial charge in [0.05, 0.1) is 11.4 Å². The number of allylic oxidation sites excluding steroid dienone is 1. The summed E-state index contributed by atoms with van der Waals surface area (Å²) in [6.07, 6.45) is 1.72. The number of nitrogens with one attached hydrogen (secondary N) is 1. The highest BCUT2D eigenvalue weighted by molar-refractivity contribution is 9.10. The normalized spacial score (nSPS) is 10.6. The largest absolute Gasteiger partial charge is 0.486 e. The zero-order chi connectivity index (χ0) is 21.5. The van der Waals surface area contributed by atoms with Crippen LogP contribution in [0.2, 0.25) is 0 Å². The highest BCUT2D eigenvalue weighted by Gasteiger charge is 2.15. The summed E-state index contributed by atoms with van der Waals surface area (Å²) in [5.74, 6) is 0.569. The molecule has 1 amide bonds. The lowest BCUT2D eigenvalue weighted by molar-refractivity contribution is -0.113. The Kier molecular flexibility index (Phi) is 7.64. The number of ether oxygens (including phenoxy) is 1. The molecule has 1 N–H and O–H groups in total. The number of aryl methyl sites for hydroxylation is 1. The van der Waals surface area contributed by atoms with Crippen LogP contribution >= 0.6 is 27.7 Å². The first-order valence-corrected chi connectivity index (χ1v) is 10.8. The molecule has 0 unspecified atom stereocenters. The number of amides is 1. The number of hydrogen-bond acceptors (Lipinski definition) is 5. The molecule has 0 saturated heterocycles. The number of carbonyl (C=O) groups is 1. The molecule has 156 valence electrons. The number of carbonyl (C=O) groups excluding carboxylic acids is 1. The molecular weight excluding hydrogens is 471 g/mol. The van der Waals surface area contributed by atoms with Crippen LogP contribution in [0, 0.1) is 12.7 Å². The van der Waals surface area contributed by atoms with Crippen LogP contribution in [0.15, 0.2) is 64.7 Å². The molecule has 9 heteroatoms. The number of nitrogens with zero attached hydrogens (tertiary/aromatic N) is 3.